The number of nitrogens with zero attached hydrogens (tertiary/aromatic N) is 1. The number of sulfonamides is 1. The Bertz CT molecular complexity index is 315. The highest BCUT2D eigenvalue weighted by atomic mass is 32.2. The van der Waals surface area contributed by atoms with Gasteiger partial charge >= 0.3 is 0 Å². The van der Waals surface area contributed by atoms with Gasteiger partial charge in [-0.1, -0.05) is 0 Å². The van der Waals surface area contributed by atoms with Gasteiger partial charge in [-0.05, 0) is 38.0 Å². The fourth-order valence-corrected chi connectivity index (χ4v) is 4.62. The Hall–Kier alpha value is -0.130. The minimum absolute atomic E-state index is 0.0849. The molecule has 2 bridgehead atoms. The largest absolute Gasteiger partial charge is 0.396 e. The van der Waals surface area contributed by atoms with Crippen LogP contribution in [0.2, 0.25) is 0 Å². The third-order valence-corrected chi connectivity index (χ3v) is 5.49. The summed E-state index contributed by atoms with van der Waals surface area (Å²) >= 11 is 0. The zero-order chi connectivity index (χ0) is 10.9. The lowest BCUT2D eigenvalue weighted by molar-refractivity contribution is 0.286. The monoisotopic (exact) mass is 233 g/mol. The van der Waals surface area contributed by atoms with Crippen LogP contribution in [0.15, 0.2) is 0 Å². The minimum Gasteiger partial charge on any atom is -0.396 e. The molecule has 15 heavy (non-hydrogen) atoms. The summed E-state index contributed by atoms with van der Waals surface area (Å²) in [6.07, 6.45) is 4.48. The lowest BCUT2D eigenvalue weighted by Gasteiger charge is -2.26. The van der Waals surface area contributed by atoms with E-state index in [1.54, 1.807) is 4.31 Å². The molecule has 0 aromatic heterocycles. The molecule has 5 heteroatoms. The number of unbranched alkanes of at least 4 members (excludes halogenated alkanes) is 1. The number of piperidine rings is 1. The molecule has 1 heterocycles. The molecule has 1 saturated heterocycles. The lowest BCUT2D eigenvalue weighted by Crippen LogP contribution is -2.39. The van der Waals surface area contributed by atoms with Crippen molar-refractivity contribution < 1.29 is 13.5 Å². The van der Waals surface area contributed by atoms with Gasteiger partial charge in [-0.3, -0.25) is 0 Å². The van der Waals surface area contributed by atoms with E-state index in [4.69, 9.17) is 5.11 Å². The Kier molecular flexibility index (Phi) is 3.33. The molecule has 0 radical (unpaired) electrons. The van der Waals surface area contributed by atoms with Gasteiger partial charge < -0.3 is 5.11 Å². The molecule has 88 valence electrons. The second-order valence-electron chi connectivity index (χ2n) is 4.65. The van der Waals surface area contributed by atoms with E-state index in [-0.39, 0.29) is 18.4 Å². The van der Waals surface area contributed by atoms with E-state index >= 15 is 0 Å². The third-order valence-electron chi connectivity index (χ3n) is 3.53. The van der Waals surface area contributed by atoms with E-state index in [0.717, 1.165) is 19.4 Å². The highest BCUT2D eigenvalue weighted by Crippen LogP contribution is 2.39. The summed E-state index contributed by atoms with van der Waals surface area (Å²) in [6, 6.07) is 0.286. The van der Waals surface area contributed by atoms with Gasteiger partial charge in [-0.25, -0.2) is 8.42 Å². The molecule has 0 aromatic carbocycles. The molecule has 4 nitrogen and oxygen atoms in total. The summed E-state index contributed by atoms with van der Waals surface area (Å²) < 4.78 is 25.6. The van der Waals surface area contributed by atoms with Gasteiger partial charge in [-0.2, -0.15) is 4.31 Å². The average molecular weight is 233 g/mol. The first-order valence-electron chi connectivity index (χ1n) is 5.74. The molecule has 0 aromatic rings. The molecular weight excluding hydrogens is 214 g/mol. The molecule has 1 N–H and O–H groups in total. The highest BCUT2D eigenvalue weighted by molar-refractivity contribution is 7.89. The van der Waals surface area contributed by atoms with E-state index in [0.29, 0.717) is 18.8 Å². The van der Waals surface area contributed by atoms with Crippen molar-refractivity contribution >= 4 is 10.0 Å². The molecule has 0 spiro atoms. The molecule has 0 amide bonds. The molecular formula is C10H19NO3S. The third kappa shape index (κ3) is 2.34. The van der Waals surface area contributed by atoms with Crippen LogP contribution in [0, 0.1) is 5.92 Å². The minimum atomic E-state index is -3.04. The van der Waals surface area contributed by atoms with Crippen LogP contribution in [0.25, 0.3) is 0 Å². The average Bonchev–Trinajstić information content (AvgIpc) is 2.79. The summed E-state index contributed by atoms with van der Waals surface area (Å²) in [5.74, 6) is 0.819. The van der Waals surface area contributed by atoms with Crippen molar-refractivity contribution in [3.63, 3.8) is 0 Å². The smallest absolute Gasteiger partial charge is 0.214 e. The molecule has 1 aliphatic carbocycles. The summed E-state index contributed by atoms with van der Waals surface area (Å²) in [4.78, 5) is 0. The van der Waals surface area contributed by atoms with Crippen molar-refractivity contribution in [2.75, 3.05) is 18.9 Å². The highest BCUT2D eigenvalue weighted by Gasteiger charge is 2.43. The molecule has 2 rings (SSSR count). The Labute approximate surface area is 91.3 Å². The number of fused-ring (bicyclic) bond motifs is 2. The SMILES string of the molecule is O=S(=O)(CCCCO)N1CC2CCC1C2. The summed E-state index contributed by atoms with van der Waals surface area (Å²) in [6.45, 7) is 0.827. The first-order valence-corrected chi connectivity index (χ1v) is 7.35. The zero-order valence-corrected chi connectivity index (χ0v) is 9.75. The second kappa shape index (κ2) is 4.39. The van der Waals surface area contributed by atoms with Crippen LogP contribution in [0.1, 0.15) is 32.1 Å². The van der Waals surface area contributed by atoms with E-state index in [1.165, 1.54) is 6.42 Å². The van der Waals surface area contributed by atoms with Crippen molar-refractivity contribution in [3.05, 3.63) is 0 Å². The number of hydrogen-bond donors (Lipinski definition) is 1. The van der Waals surface area contributed by atoms with Crippen LogP contribution in [0.3, 0.4) is 0 Å². The van der Waals surface area contributed by atoms with Crippen molar-refractivity contribution in [2.45, 2.75) is 38.1 Å². The fourth-order valence-electron chi connectivity index (χ4n) is 2.73. The maximum absolute atomic E-state index is 11.9. The number of rotatable bonds is 5. The topological polar surface area (TPSA) is 57.6 Å². The lowest BCUT2D eigenvalue weighted by atomic mass is 10.1. The van der Waals surface area contributed by atoms with E-state index in [1.807, 2.05) is 0 Å². The standard InChI is InChI=1S/C10H19NO3S/c12-5-1-2-6-15(13,14)11-8-9-3-4-10(11)7-9/h9-10,12H,1-8H2. The zero-order valence-electron chi connectivity index (χ0n) is 8.93. The van der Waals surface area contributed by atoms with Crippen LogP contribution >= 0.6 is 0 Å². The maximum atomic E-state index is 11.9. The summed E-state index contributed by atoms with van der Waals surface area (Å²) in [5, 5.41) is 8.63. The molecule has 2 fully saturated rings. The molecule has 2 aliphatic rings. The molecule has 2 unspecified atom stereocenters. The first kappa shape index (κ1) is 11.4. The van der Waals surface area contributed by atoms with Crippen LogP contribution in [0.4, 0.5) is 0 Å². The first-order chi connectivity index (χ1) is 7.13. The van der Waals surface area contributed by atoms with Gasteiger partial charge in [0.2, 0.25) is 10.0 Å². The van der Waals surface area contributed by atoms with Gasteiger partial charge in [0.25, 0.3) is 0 Å². The van der Waals surface area contributed by atoms with Crippen molar-refractivity contribution in [3.8, 4) is 0 Å². The Morgan fingerprint density at radius 2 is 2.07 bits per heavy atom. The van der Waals surface area contributed by atoms with E-state index < -0.39 is 10.0 Å². The van der Waals surface area contributed by atoms with Crippen molar-refractivity contribution in [1.29, 1.82) is 0 Å². The van der Waals surface area contributed by atoms with Crippen molar-refractivity contribution in [1.82, 2.24) is 4.31 Å². The predicted molar refractivity (Wildman–Crippen MR) is 57.9 cm³/mol. The molecule has 1 saturated carbocycles. The summed E-state index contributed by atoms with van der Waals surface area (Å²) in [5.41, 5.74) is 0. The van der Waals surface area contributed by atoms with Gasteiger partial charge in [0.05, 0.1) is 5.75 Å². The Morgan fingerprint density at radius 1 is 1.27 bits per heavy atom. The van der Waals surface area contributed by atoms with Gasteiger partial charge in [0.15, 0.2) is 0 Å². The normalized spacial score (nSPS) is 31.3. The van der Waals surface area contributed by atoms with Gasteiger partial charge in [0, 0.05) is 19.2 Å². The van der Waals surface area contributed by atoms with E-state index in [9.17, 15) is 8.42 Å². The number of hydrogen-bond acceptors (Lipinski definition) is 3. The molecule has 2 atom stereocenters. The molecule has 1 aliphatic heterocycles. The van der Waals surface area contributed by atoms with Gasteiger partial charge in [-0.15, -0.1) is 0 Å². The number of aliphatic hydroxyl groups is 1. The van der Waals surface area contributed by atoms with Crippen molar-refractivity contribution in [2.24, 2.45) is 5.92 Å². The fraction of sp³-hybridized carbons (Fsp3) is 1.00. The van der Waals surface area contributed by atoms with Crippen LogP contribution in [-0.2, 0) is 10.0 Å². The van der Waals surface area contributed by atoms with Gasteiger partial charge in [0.1, 0.15) is 0 Å². The predicted octanol–water partition coefficient (Wildman–Crippen LogP) is 0.573. The quantitative estimate of drug-likeness (QED) is 0.706. The van der Waals surface area contributed by atoms with E-state index in [2.05, 4.69) is 0 Å². The summed E-state index contributed by atoms with van der Waals surface area (Å²) in [7, 11) is -3.04. The van der Waals surface area contributed by atoms with Crippen LogP contribution in [0.5, 0.6) is 0 Å². The van der Waals surface area contributed by atoms with Crippen LogP contribution in [-0.4, -0.2) is 42.8 Å². The Morgan fingerprint density at radius 3 is 2.60 bits per heavy atom. The van der Waals surface area contributed by atoms with Crippen LogP contribution < -0.4 is 0 Å². The second-order valence-corrected chi connectivity index (χ2v) is 6.69. The maximum Gasteiger partial charge on any atom is 0.214 e. The Balaban J connectivity index is 1.92. The number of aliphatic hydroxyl groups excluding tert-OH is 1.